The average molecular weight is 413 g/mol. The second-order valence-corrected chi connectivity index (χ2v) is 7.41. The van der Waals surface area contributed by atoms with Gasteiger partial charge < -0.3 is 10.8 Å². The Labute approximate surface area is 171 Å². The van der Waals surface area contributed by atoms with Gasteiger partial charge in [0.2, 0.25) is 5.91 Å². The van der Waals surface area contributed by atoms with Crippen molar-refractivity contribution in [3.63, 3.8) is 0 Å². The van der Waals surface area contributed by atoms with Gasteiger partial charge in [0.25, 0.3) is 0 Å². The minimum atomic E-state index is -1.31. The quantitative estimate of drug-likeness (QED) is 0.639. The number of carbonyl (C=O) groups excluding carboxylic acids is 1. The van der Waals surface area contributed by atoms with Gasteiger partial charge in [-0.1, -0.05) is 19.9 Å². The number of aromatic nitrogens is 1. The van der Waals surface area contributed by atoms with Crippen LogP contribution in [0.3, 0.4) is 0 Å². The molecule has 0 saturated carbocycles. The maximum Gasteiger partial charge on any atom is 0.411 e. The van der Waals surface area contributed by atoms with Gasteiger partial charge in [0.15, 0.2) is 0 Å². The molecule has 0 fully saturated rings. The molecule has 8 heteroatoms. The van der Waals surface area contributed by atoms with Gasteiger partial charge in [-0.05, 0) is 42.7 Å². The predicted octanol–water partition coefficient (Wildman–Crippen LogP) is 4.59. The lowest BCUT2D eigenvalue weighted by atomic mass is 9.93. The van der Waals surface area contributed by atoms with Gasteiger partial charge >= 0.3 is 6.09 Å². The molecule has 0 unspecified atom stereocenters. The molecule has 0 aliphatic rings. The summed E-state index contributed by atoms with van der Waals surface area (Å²) >= 11 is 0. The summed E-state index contributed by atoms with van der Waals surface area (Å²) in [4.78, 5) is 29.0. The molecule has 0 spiro atoms. The van der Waals surface area contributed by atoms with E-state index in [2.05, 4.69) is 4.98 Å². The van der Waals surface area contributed by atoms with Crippen LogP contribution in [0.5, 0.6) is 0 Å². The van der Waals surface area contributed by atoms with Crippen molar-refractivity contribution in [2.75, 3.05) is 11.9 Å². The van der Waals surface area contributed by atoms with E-state index in [4.69, 9.17) is 5.73 Å². The Kier molecular flexibility index (Phi) is 5.69. The highest BCUT2D eigenvalue weighted by Gasteiger charge is 2.27. The van der Waals surface area contributed by atoms with E-state index >= 15 is 0 Å². The molecule has 1 heterocycles. The molecule has 2 amide bonds. The minimum absolute atomic E-state index is 0.0132. The number of pyridine rings is 1. The van der Waals surface area contributed by atoms with Gasteiger partial charge in [-0.2, -0.15) is 0 Å². The van der Waals surface area contributed by atoms with Crippen molar-refractivity contribution in [1.29, 1.82) is 0 Å². The standard InChI is InChI=1S/C22H21F2N3O3/c1-11(2)9-17-20(27(3)22(29)30)18(19-14(23)5-4-6-15(19)24)13-10-12(21(25)28)7-8-16(13)26-17/h4-8,10-11H,9H2,1-3H3,(H2,25,28)(H,29,30). The van der Waals surface area contributed by atoms with Crippen LogP contribution in [-0.4, -0.2) is 29.1 Å². The van der Waals surface area contributed by atoms with Crippen LogP contribution in [0.25, 0.3) is 22.0 Å². The molecule has 2 aromatic carbocycles. The van der Waals surface area contributed by atoms with E-state index in [1.54, 1.807) is 0 Å². The Hall–Kier alpha value is -3.55. The summed E-state index contributed by atoms with van der Waals surface area (Å²) in [6, 6.07) is 7.79. The van der Waals surface area contributed by atoms with Crippen LogP contribution >= 0.6 is 0 Å². The molecule has 0 atom stereocenters. The second-order valence-electron chi connectivity index (χ2n) is 7.41. The van der Waals surface area contributed by atoms with E-state index in [1.165, 1.54) is 31.3 Å². The Morgan fingerprint density at radius 3 is 2.30 bits per heavy atom. The Bertz CT molecular complexity index is 1140. The molecule has 30 heavy (non-hydrogen) atoms. The number of nitrogens with two attached hydrogens (primary N) is 1. The number of primary amides is 1. The summed E-state index contributed by atoms with van der Waals surface area (Å²) in [5.41, 5.74) is 5.94. The van der Waals surface area contributed by atoms with Crippen LogP contribution in [0.15, 0.2) is 36.4 Å². The number of anilines is 1. The second kappa shape index (κ2) is 8.06. The number of rotatable bonds is 5. The Morgan fingerprint density at radius 1 is 1.13 bits per heavy atom. The first kappa shape index (κ1) is 21.2. The molecule has 0 radical (unpaired) electrons. The molecule has 0 bridgehead atoms. The molecular formula is C22H21F2N3O3. The number of nitrogens with zero attached hydrogens (tertiary/aromatic N) is 2. The maximum absolute atomic E-state index is 14.8. The number of hydrogen-bond acceptors (Lipinski definition) is 3. The fourth-order valence-electron chi connectivity index (χ4n) is 3.43. The molecule has 6 nitrogen and oxygen atoms in total. The van der Waals surface area contributed by atoms with Crippen LogP contribution in [0, 0.1) is 17.6 Å². The van der Waals surface area contributed by atoms with Crippen molar-refractivity contribution in [3.8, 4) is 11.1 Å². The third-order valence-electron chi connectivity index (χ3n) is 4.75. The number of halogens is 2. The number of benzene rings is 2. The molecule has 0 aliphatic heterocycles. The fourth-order valence-corrected chi connectivity index (χ4v) is 3.43. The lowest BCUT2D eigenvalue weighted by molar-refractivity contribution is 0.100. The predicted molar refractivity (Wildman–Crippen MR) is 111 cm³/mol. The number of carbonyl (C=O) groups is 2. The van der Waals surface area contributed by atoms with Crippen molar-refractivity contribution in [1.82, 2.24) is 4.98 Å². The lowest BCUT2D eigenvalue weighted by Gasteiger charge is -2.24. The van der Waals surface area contributed by atoms with E-state index in [0.717, 1.165) is 17.0 Å². The first-order valence-electron chi connectivity index (χ1n) is 9.29. The van der Waals surface area contributed by atoms with E-state index in [0.29, 0.717) is 17.6 Å². The molecule has 0 saturated heterocycles. The van der Waals surface area contributed by atoms with Crippen molar-refractivity contribution >= 4 is 28.6 Å². The highest BCUT2D eigenvalue weighted by atomic mass is 19.1. The van der Waals surface area contributed by atoms with Crippen LogP contribution in [-0.2, 0) is 6.42 Å². The Morgan fingerprint density at radius 2 is 1.77 bits per heavy atom. The number of fused-ring (bicyclic) bond motifs is 1. The number of carboxylic acid groups (broad SMARTS) is 1. The lowest BCUT2D eigenvalue weighted by Crippen LogP contribution is -2.27. The van der Waals surface area contributed by atoms with Crippen LogP contribution in [0.4, 0.5) is 19.3 Å². The normalized spacial score (nSPS) is 11.1. The van der Waals surface area contributed by atoms with Crippen molar-refractivity contribution < 1.29 is 23.5 Å². The molecule has 1 aromatic heterocycles. The fraction of sp³-hybridized carbons (Fsp3) is 0.227. The highest BCUT2D eigenvalue weighted by molar-refractivity contribution is 6.08. The Balaban J connectivity index is 2.57. The minimum Gasteiger partial charge on any atom is -0.465 e. The van der Waals surface area contributed by atoms with Gasteiger partial charge in [0, 0.05) is 23.6 Å². The first-order chi connectivity index (χ1) is 14.1. The third-order valence-corrected chi connectivity index (χ3v) is 4.75. The van der Waals surface area contributed by atoms with Crippen LogP contribution < -0.4 is 10.6 Å². The maximum atomic E-state index is 14.8. The van der Waals surface area contributed by atoms with E-state index in [-0.39, 0.29) is 33.7 Å². The smallest absolute Gasteiger partial charge is 0.411 e. The summed E-state index contributed by atoms with van der Waals surface area (Å²) in [6.45, 7) is 3.85. The third kappa shape index (κ3) is 3.80. The number of hydrogen-bond donors (Lipinski definition) is 2. The molecule has 3 aromatic rings. The zero-order valence-corrected chi connectivity index (χ0v) is 16.7. The first-order valence-corrected chi connectivity index (χ1v) is 9.29. The van der Waals surface area contributed by atoms with Gasteiger partial charge in [0.05, 0.1) is 22.5 Å². The summed E-state index contributed by atoms with van der Waals surface area (Å²) in [6.07, 6.45) is -0.936. The molecule has 3 N–H and O–H groups in total. The number of amides is 2. The molecular weight excluding hydrogens is 392 g/mol. The van der Waals surface area contributed by atoms with Crippen molar-refractivity contribution in [2.45, 2.75) is 20.3 Å². The van der Waals surface area contributed by atoms with Crippen molar-refractivity contribution in [3.05, 3.63) is 59.3 Å². The van der Waals surface area contributed by atoms with Crippen molar-refractivity contribution in [2.24, 2.45) is 11.7 Å². The van der Waals surface area contributed by atoms with Gasteiger partial charge in [0.1, 0.15) is 11.6 Å². The van der Waals surface area contributed by atoms with E-state index in [9.17, 15) is 23.5 Å². The highest BCUT2D eigenvalue weighted by Crippen LogP contribution is 2.42. The van der Waals surface area contributed by atoms with Crippen LogP contribution in [0.1, 0.15) is 29.9 Å². The molecule has 156 valence electrons. The average Bonchev–Trinajstić information content (AvgIpc) is 2.66. The molecule has 0 aliphatic carbocycles. The van der Waals surface area contributed by atoms with Crippen LogP contribution in [0.2, 0.25) is 0 Å². The topological polar surface area (TPSA) is 96.5 Å². The van der Waals surface area contributed by atoms with Gasteiger partial charge in [-0.15, -0.1) is 0 Å². The SMILES string of the molecule is CC(C)Cc1nc2ccc(C(N)=O)cc2c(-c2c(F)cccc2F)c1N(C)C(=O)O. The zero-order valence-electron chi connectivity index (χ0n) is 16.7. The van der Waals surface area contributed by atoms with E-state index < -0.39 is 23.6 Å². The summed E-state index contributed by atoms with van der Waals surface area (Å²) in [5, 5.41) is 9.88. The summed E-state index contributed by atoms with van der Waals surface area (Å²) in [5.74, 6) is -2.35. The molecule has 3 rings (SSSR count). The summed E-state index contributed by atoms with van der Waals surface area (Å²) < 4.78 is 29.7. The van der Waals surface area contributed by atoms with E-state index in [1.807, 2.05) is 13.8 Å². The van der Waals surface area contributed by atoms with Gasteiger partial charge in [-0.25, -0.2) is 13.6 Å². The zero-order chi connectivity index (χ0) is 22.2. The monoisotopic (exact) mass is 413 g/mol. The van der Waals surface area contributed by atoms with Gasteiger partial charge in [-0.3, -0.25) is 14.7 Å². The summed E-state index contributed by atoms with van der Waals surface area (Å²) in [7, 11) is 1.29. The largest absolute Gasteiger partial charge is 0.465 e.